The van der Waals surface area contributed by atoms with Gasteiger partial charge in [-0.3, -0.25) is 9.59 Å². The number of benzene rings is 2. The van der Waals surface area contributed by atoms with Crippen molar-refractivity contribution in [2.75, 3.05) is 7.11 Å². The van der Waals surface area contributed by atoms with Crippen LogP contribution in [0.3, 0.4) is 0 Å². The molecule has 2 N–H and O–H groups in total. The van der Waals surface area contributed by atoms with Crippen LogP contribution < -0.4 is 15.5 Å². The van der Waals surface area contributed by atoms with Crippen LogP contribution in [0.2, 0.25) is 5.02 Å². The van der Waals surface area contributed by atoms with Gasteiger partial charge in [0.25, 0.3) is 5.91 Å². The van der Waals surface area contributed by atoms with Gasteiger partial charge < -0.3 is 19.6 Å². The fourth-order valence-corrected chi connectivity index (χ4v) is 3.82. The summed E-state index contributed by atoms with van der Waals surface area (Å²) >= 11 is 9.41. The van der Waals surface area contributed by atoms with E-state index < -0.39 is 11.9 Å². The van der Waals surface area contributed by atoms with Gasteiger partial charge in [0.2, 0.25) is 5.76 Å². The number of nitrogens with one attached hydrogen (secondary N) is 1. The second-order valence-electron chi connectivity index (χ2n) is 6.23. The van der Waals surface area contributed by atoms with Crippen LogP contribution in [0.4, 0.5) is 0 Å². The SMILES string of the molecule is COc1cc(C2NC(=O)c3oc4cc(C)c(Cl)cc4c(=O)c32)cc(Br)c1O. The predicted molar refractivity (Wildman–Crippen MR) is 104 cm³/mol. The molecule has 6 nitrogen and oxygen atoms in total. The summed E-state index contributed by atoms with van der Waals surface area (Å²) < 4.78 is 11.3. The van der Waals surface area contributed by atoms with E-state index in [0.717, 1.165) is 5.56 Å². The van der Waals surface area contributed by atoms with Gasteiger partial charge in [0.15, 0.2) is 16.9 Å². The van der Waals surface area contributed by atoms with Gasteiger partial charge in [0.1, 0.15) is 5.58 Å². The van der Waals surface area contributed by atoms with E-state index in [9.17, 15) is 14.7 Å². The number of phenols is 1. The highest BCUT2D eigenvalue weighted by Gasteiger charge is 2.36. The number of carbonyl (C=O) groups excluding carboxylic acids is 1. The maximum atomic E-state index is 13.1. The summed E-state index contributed by atoms with van der Waals surface area (Å²) in [5.74, 6) is -0.364. The molecule has 2 aromatic carbocycles. The topological polar surface area (TPSA) is 88.8 Å². The zero-order valence-electron chi connectivity index (χ0n) is 14.2. The summed E-state index contributed by atoms with van der Waals surface area (Å²) in [6, 6.07) is 5.63. The zero-order chi connectivity index (χ0) is 19.5. The Morgan fingerprint density at radius 1 is 1.26 bits per heavy atom. The summed E-state index contributed by atoms with van der Waals surface area (Å²) in [5, 5.41) is 13.5. The van der Waals surface area contributed by atoms with E-state index in [2.05, 4.69) is 21.2 Å². The third-order valence-electron chi connectivity index (χ3n) is 4.58. The molecule has 1 unspecified atom stereocenters. The lowest BCUT2D eigenvalue weighted by molar-refractivity contribution is 0.0938. The summed E-state index contributed by atoms with van der Waals surface area (Å²) in [6.45, 7) is 1.79. The quantitative estimate of drug-likeness (QED) is 0.614. The molecule has 1 amide bonds. The first kappa shape index (κ1) is 17.9. The molecule has 0 saturated carbocycles. The number of phenolic OH excluding ortho intramolecular Hbond substituents is 1. The van der Waals surface area contributed by atoms with Crippen molar-refractivity contribution in [1.29, 1.82) is 0 Å². The van der Waals surface area contributed by atoms with E-state index in [0.29, 0.717) is 26.0 Å². The van der Waals surface area contributed by atoms with Crippen molar-refractivity contribution >= 4 is 44.4 Å². The molecule has 0 bridgehead atoms. The number of aryl methyl sites for hydroxylation is 1. The maximum absolute atomic E-state index is 13.1. The Hall–Kier alpha value is -2.51. The minimum atomic E-state index is -0.737. The molecule has 0 spiro atoms. The Morgan fingerprint density at radius 3 is 2.70 bits per heavy atom. The van der Waals surface area contributed by atoms with Gasteiger partial charge in [-0.25, -0.2) is 0 Å². The van der Waals surface area contributed by atoms with Crippen LogP contribution in [-0.2, 0) is 0 Å². The number of methoxy groups -OCH3 is 1. The van der Waals surface area contributed by atoms with Crippen LogP contribution in [0.25, 0.3) is 11.0 Å². The van der Waals surface area contributed by atoms with Gasteiger partial charge in [-0.15, -0.1) is 0 Å². The van der Waals surface area contributed by atoms with Crippen molar-refractivity contribution < 1.29 is 19.1 Å². The first-order valence-electron chi connectivity index (χ1n) is 7.96. The number of aromatic hydroxyl groups is 1. The molecule has 0 radical (unpaired) electrons. The fraction of sp³-hybridized carbons (Fsp3) is 0.158. The molecule has 0 fully saturated rings. The van der Waals surface area contributed by atoms with E-state index >= 15 is 0 Å². The second kappa shape index (κ2) is 6.28. The molecule has 3 aromatic rings. The van der Waals surface area contributed by atoms with Crippen LogP contribution >= 0.6 is 27.5 Å². The number of hydrogen-bond donors (Lipinski definition) is 2. The lowest BCUT2D eigenvalue weighted by Gasteiger charge is -2.15. The Bertz CT molecular complexity index is 1190. The van der Waals surface area contributed by atoms with E-state index in [1.165, 1.54) is 7.11 Å². The van der Waals surface area contributed by atoms with Crippen LogP contribution in [-0.4, -0.2) is 18.1 Å². The molecular weight excluding hydrogens is 438 g/mol. The number of halogens is 2. The van der Waals surface area contributed by atoms with E-state index in [1.54, 1.807) is 31.2 Å². The summed E-state index contributed by atoms with van der Waals surface area (Å²) in [6.07, 6.45) is 0. The fourth-order valence-electron chi connectivity index (χ4n) is 3.20. The van der Waals surface area contributed by atoms with Gasteiger partial charge in [0.05, 0.1) is 28.6 Å². The lowest BCUT2D eigenvalue weighted by atomic mass is 9.98. The normalized spacial score (nSPS) is 15.7. The molecular formula is C19H13BrClNO5. The molecule has 1 atom stereocenters. The number of ether oxygens (including phenoxy) is 1. The van der Waals surface area contributed by atoms with Crippen molar-refractivity contribution in [3.05, 3.63) is 66.4 Å². The molecule has 1 aliphatic heterocycles. The largest absolute Gasteiger partial charge is 0.503 e. The predicted octanol–water partition coefficient (Wildman–Crippen LogP) is 4.06. The summed E-state index contributed by atoms with van der Waals surface area (Å²) in [5.41, 5.74) is 1.48. The maximum Gasteiger partial charge on any atom is 0.288 e. The van der Waals surface area contributed by atoms with Crippen molar-refractivity contribution in [2.24, 2.45) is 0 Å². The highest BCUT2D eigenvalue weighted by Crippen LogP contribution is 2.40. The number of fused-ring (bicyclic) bond motifs is 2. The van der Waals surface area contributed by atoms with Crippen molar-refractivity contribution in [2.45, 2.75) is 13.0 Å². The molecule has 1 aliphatic rings. The first-order valence-corrected chi connectivity index (χ1v) is 9.13. The van der Waals surface area contributed by atoms with Crippen LogP contribution in [0.15, 0.2) is 37.9 Å². The smallest absolute Gasteiger partial charge is 0.288 e. The average Bonchev–Trinajstić information content (AvgIpc) is 2.96. The Balaban J connectivity index is 1.99. The number of amides is 1. The van der Waals surface area contributed by atoms with Crippen molar-refractivity contribution in [3.8, 4) is 11.5 Å². The molecule has 0 saturated heterocycles. The van der Waals surface area contributed by atoms with Crippen molar-refractivity contribution in [1.82, 2.24) is 5.32 Å². The summed E-state index contributed by atoms with van der Waals surface area (Å²) in [4.78, 5) is 25.6. The van der Waals surface area contributed by atoms with Crippen LogP contribution in [0.1, 0.15) is 33.3 Å². The molecule has 138 valence electrons. The Labute approximate surface area is 166 Å². The highest BCUT2D eigenvalue weighted by molar-refractivity contribution is 9.10. The van der Waals surface area contributed by atoms with E-state index in [-0.39, 0.29) is 28.3 Å². The number of carbonyl (C=O) groups is 1. The average molecular weight is 451 g/mol. The Kier molecular flexibility index (Phi) is 4.16. The monoisotopic (exact) mass is 449 g/mol. The van der Waals surface area contributed by atoms with E-state index in [1.807, 2.05) is 0 Å². The van der Waals surface area contributed by atoms with Gasteiger partial charge in [-0.05, 0) is 58.2 Å². The van der Waals surface area contributed by atoms with Crippen LogP contribution in [0.5, 0.6) is 11.5 Å². The first-order chi connectivity index (χ1) is 12.8. The molecule has 1 aromatic heterocycles. The molecule has 2 heterocycles. The molecule has 27 heavy (non-hydrogen) atoms. The molecule has 4 rings (SSSR count). The minimum absolute atomic E-state index is 0.0256. The third-order valence-corrected chi connectivity index (χ3v) is 5.59. The number of hydrogen-bond acceptors (Lipinski definition) is 5. The lowest BCUT2D eigenvalue weighted by Crippen LogP contribution is -2.22. The number of rotatable bonds is 2. The minimum Gasteiger partial charge on any atom is -0.503 e. The van der Waals surface area contributed by atoms with Crippen molar-refractivity contribution in [3.63, 3.8) is 0 Å². The highest BCUT2D eigenvalue weighted by atomic mass is 79.9. The zero-order valence-corrected chi connectivity index (χ0v) is 16.6. The third kappa shape index (κ3) is 2.69. The second-order valence-corrected chi connectivity index (χ2v) is 7.49. The van der Waals surface area contributed by atoms with Crippen LogP contribution in [0, 0.1) is 6.92 Å². The standard InChI is InChI=1S/C19H13BrClNO5/c1-7-3-12-9(6-11(7)21)16(23)14-15(22-19(25)18(14)27-12)8-4-10(20)17(24)13(5-8)26-2/h3-6,15,24H,1-2H3,(H,22,25). The van der Waals surface area contributed by atoms with Gasteiger partial charge in [-0.2, -0.15) is 0 Å². The van der Waals surface area contributed by atoms with Gasteiger partial charge >= 0.3 is 0 Å². The molecule has 0 aliphatic carbocycles. The van der Waals surface area contributed by atoms with Gasteiger partial charge in [-0.1, -0.05) is 11.6 Å². The van der Waals surface area contributed by atoms with Gasteiger partial charge in [0, 0.05) is 5.02 Å². The van der Waals surface area contributed by atoms with E-state index in [4.69, 9.17) is 20.8 Å². The molecule has 8 heteroatoms. The Morgan fingerprint density at radius 2 is 2.00 bits per heavy atom. The summed E-state index contributed by atoms with van der Waals surface area (Å²) in [7, 11) is 1.42.